The van der Waals surface area contributed by atoms with Gasteiger partial charge in [0, 0.05) is 10.6 Å². The Bertz CT molecular complexity index is 801. The molecule has 2 rings (SSSR count). The van der Waals surface area contributed by atoms with Crippen molar-refractivity contribution in [2.75, 3.05) is 0 Å². The number of amides is 1. The third kappa shape index (κ3) is 5.06. The van der Waals surface area contributed by atoms with E-state index >= 15 is 0 Å². The number of carbonyl (C=O) groups is 2. The number of hydrogen-bond acceptors (Lipinski definition) is 4. The summed E-state index contributed by atoms with van der Waals surface area (Å²) in [4.78, 5) is 23.4. The Morgan fingerprint density at radius 3 is 2.44 bits per heavy atom. The Morgan fingerprint density at radius 2 is 1.80 bits per heavy atom. The van der Waals surface area contributed by atoms with Crippen molar-refractivity contribution in [1.29, 1.82) is 0 Å². The topological polar surface area (TPSA) is 88.0 Å². The largest absolute Gasteiger partial charge is 0.478 e. The number of ether oxygens (including phenoxy) is 1. The van der Waals surface area contributed by atoms with Crippen molar-refractivity contribution in [1.82, 2.24) is 5.43 Å². The number of rotatable bonds is 6. The van der Waals surface area contributed by atoms with Crippen LogP contribution in [-0.4, -0.2) is 28.8 Å². The van der Waals surface area contributed by atoms with Crippen LogP contribution in [0.1, 0.15) is 29.8 Å². The molecule has 0 radical (unpaired) electrons. The van der Waals surface area contributed by atoms with Gasteiger partial charge in [-0.3, -0.25) is 4.79 Å². The number of carboxylic acids is 1. The SMILES string of the molecule is CC(C)(Oc1ccc(Cl)cc1)C(=O)NN=Cc1ccccc1C(=O)O. The standard InChI is InChI=1S/C18H17ClN2O4/c1-18(2,25-14-9-7-13(19)8-10-14)17(24)21-20-11-12-5-3-4-6-15(12)16(22)23/h3-11H,1-2H3,(H,21,24)(H,22,23). The summed E-state index contributed by atoms with van der Waals surface area (Å²) in [5.41, 5.74) is 1.65. The number of carboxylic acid groups (broad SMARTS) is 1. The van der Waals surface area contributed by atoms with E-state index in [-0.39, 0.29) is 5.56 Å². The lowest BCUT2D eigenvalue weighted by molar-refractivity contribution is -0.134. The van der Waals surface area contributed by atoms with Crippen LogP contribution in [0, 0.1) is 0 Å². The van der Waals surface area contributed by atoms with Gasteiger partial charge in [0.2, 0.25) is 0 Å². The molecule has 0 aliphatic carbocycles. The highest BCUT2D eigenvalue weighted by Crippen LogP contribution is 2.21. The summed E-state index contributed by atoms with van der Waals surface area (Å²) in [7, 11) is 0. The number of nitrogens with one attached hydrogen (secondary N) is 1. The van der Waals surface area contributed by atoms with E-state index in [1.807, 2.05) is 0 Å². The fraction of sp³-hybridized carbons (Fsp3) is 0.167. The lowest BCUT2D eigenvalue weighted by Gasteiger charge is -2.24. The quantitative estimate of drug-likeness (QED) is 0.610. The monoisotopic (exact) mass is 360 g/mol. The molecule has 0 aromatic heterocycles. The van der Waals surface area contributed by atoms with E-state index in [4.69, 9.17) is 21.4 Å². The van der Waals surface area contributed by atoms with Crippen LogP contribution >= 0.6 is 11.6 Å². The van der Waals surface area contributed by atoms with E-state index in [1.165, 1.54) is 12.3 Å². The van der Waals surface area contributed by atoms with E-state index in [9.17, 15) is 9.59 Å². The number of nitrogens with zero attached hydrogens (tertiary/aromatic N) is 1. The number of benzene rings is 2. The number of hydrazone groups is 1. The molecule has 2 aromatic rings. The van der Waals surface area contributed by atoms with Crippen LogP contribution in [0.15, 0.2) is 53.6 Å². The zero-order valence-corrected chi connectivity index (χ0v) is 14.4. The van der Waals surface area contributed by atoms with E-state index in [0.717, 1.165) is 0 Å². The molecular formula is C18H17ClN2O4. The average molecular weight is 361 g/mol. The van der Waals surface area contributed by atoms with Crippen LogP contribution < -0.4 is 10.2 Å². The molecule has 0 bridgehead atoms. The highest BCUT2D eigenvalue weighted by molar-refractivity contribution is 6.30. The molecule has 25 heavy (non-hydrogen) atoms. The number of carbonyl (C=O) groups excluding carboxylic acids is 1. The molecule has 1 amide bonds. The third-order valence-electron chi connectivity index (χ3n) is 3.29. The molecule has 0 heterocycles. The molecule has 2 aromatic carbocycles. The molecule has 0 spiro atoms. The first-order chi connectivity index (χ1) is 11.8. The molecule has 6 nitrogen and oxygen atoms in total. The molecule has 0 atom stereocenters. The first-order valence-corrected chi connectivity index (χ1v) is 7.78. The Kier molecular flexibility index (Phi) is 5.77. The van der Waals surface area contributed by atoms with Crippen molar-refractivity contribution in [3.8, 4) is 5.75 Å². The first-order valence-electron chi connectivity index (χ1n) is 7.40. The summed E-state index contributed by atoms with van der Waals surface area (Å²) in [6, 6.07) is 13.0. The summed E-state index contributed by atoms with van der Waals surface area (Å²) >= 11 is 5.81. The Balaban J connectivity index is 2.03. The van der Waals surface area contributed by atoms with E-state index in [1.54, 1.807) is 56.3 Å². The molecule has 0 saturated heterocycles. The Labute approximate surface area is 150 Å². The second-order valence-electron chi connectivity index (χ2n) is 5.66. The van der Waals surface area contributed by atoms with Gasteiger partial charge in [-0.2, -0.15) is 5.10 Å². The van der Waals surface area contributed by atoms with Gasteiger partial charge in [0.1, 0.15) is 5.75 Å². The first kappa shape index (κ1) is 18.5. The molecule has 7 heteroatoms. The van der Waals surface area contributed by atoms with Gasteiger partial charge in [0.05, 0.1) is 11.8 Å². The highest BCUT2D eigenvalue weighted by atomic mass is 35.5. The van der Waals surface area contributed by atoms with Gasteiger partial charge in [-0.1, -0.05) is 29.8 Å². The molecule has 0 saturated carbocycles. The molecule has 130 valence electrons. The number of aromatic carboxylic acids is 1. The molecular weight excluding hydrogens is 344 g/mol. The number of halogens is 1. The predicted octanol–water partition coefficient (Wildman–Crippen LogP) is 3.35. The molecule has 2 N–H and O–H groups in total. The summed E-state index contributed by atoms with van der Waals surface area (Å²) in [5.74, 6) is -1.06. The lowest BCUT2D eigenvalue weighted by atomic mass is 10.1. The van der Waals surface area contributed by atoms with Gasteiger partial charge >= 0.3 is 5.97 Å². The minimum atomic E-state index is -1.18. The zero-order valence-electron chi connectivity index (χ0n) is 13.7. The lowest BCUT2D eigenvalue weighted by Crippen LogP contribution is -2.44. The Morgan fingerprint density at radius 1 is 1.16 bits per heavy atom. The maximum Gasteiger partial charge on any atom is 0.336 e. The van der Waals surface area contributed by atoms with Crippen LogP contribution in [-0.2, 0) is 4.79 Å². The van der Waals surface area contributed by atoms with Crippen LogP contribution in [0.25, 0.3) is 0 Å². The van der Waals surface area contributed by atoms with Crippen molar-refractivity contribution in [3.63, 3.8) is 0 Å². The van der Waals surface area contributed by atoms with Gasteiger partial charge < -0.3 is 9.84 Å². The maximum absolute atomic E-state index is 12.3. The second-order valence-corrected chi connectivity index (χ2v) is 6.09. The van der Waals surface area contributed by atoms with Gasteiger partial charge in [-0.05, 0) is 44.2 Å². The van der Waals surface area contributed by atoms with Gasteiger partial charge in [-0.15, -0.1) is 0 Å². The predicted molar refractivity (Wildman–Crippen MR) is 95.3 cm³/mol. The molecule has 0 aliphatic heterocycles. The molecule has 0 aliphatic rings. The maximum atomic E-state index is 12.3. The Hall–Kier alpha value is -2.86. The third-order valence-corrected chi connectivity index (χ3v) is 3.55. The van der Waals surface area contributed by atoms with Crippen molar-refractivity contribution in [2.45, 2.75) is 19.4 Å². The molecule has 0 fully saturated rings. The summed E-state index contributed by atoms with van der Waals surface area (Å²) in [6.07, 6.45) is 1.28. The van der Waals surface area contributed by atoms with Crippen LogP contribution in [0.5, 0.6) is 5.75 Å². The summed E-state index contributed by atoms with van der Waals surface area (Å²) in [6.45, 7) is 3.19. The normalized spacial score (nSPS) is 11.3. The van der Waals surface area contributed by atoms with Gasteiger partial charge in [0.25, 0.3) is 5.91 Å². The minimum Gasteiger partial charge on any atom is -0.478 e. The van der Waals surface area contributed by atoms with Crippen molar-refractivity contribution < 1.29 is 19.4 Å². The van der Waals surface area contributed by atoms with Crippen molar-refractivity contribution in [3.05, 3.63) is 64.7 Å². The average Bonchev–Trinajstić information content (AvgIpc) is 2.57. The molecule has 0 unspecified atom stereocenters. The van der Waals surface area contributed by atoms with Crippen molar-refractivity contribution >= 4 is 29.7 Å². The van der Waals surface area contributed by atoms with E-state index in [2.05, 4.69) is 10.5 Å². The van der Waals surface area contributed by atoms with Crippen molar-refractivity contribution in [2.24, 2.45) is 5.10 Å². The van der Waals surface area contributed by atoms with Crippen LogP contribution in [0.2, 0.25) is 5.02 Å². The van der Waals surface area contributed by atoms with E-state index < -0.39 is 17.5 Å². The summed E-state index contributed by atoms with van der Waals surface area (Å²) in [5, 5.41) is 13.5. The zero-order chi connectivity index (χ0) is 18.4. The summed E-state index contributed by atoms with van der Waals surface area (Å²) < 4.78 is 5.64. The smallest absolute Gasteiger partial charge is 0.336 e. The van der Waals surface area contributed by atoms with E-state index in [0.29, 0.717) is 16.3 Å². The van der Waals surface area contributed by atoms with Gasteiger partial charge in [0.15, 0.2) is 5.60 Å². The highest BCUT2D eigenvalue weighted by Gasteiger charge is 2.29. The van der Waals surface area contributed by atoms with Crippen LogP contribution in [0.4, 0.5) is 0 Å². The second kappa shape index (κ2) is 7.81. The minimum absolute atomic E-state index is 0.0946. The van der Waals surface area contributed by atoms with Crippen LogP contribution in [0.3, 0.4) is 0 Å². The number of hydrogen-bond donors (Lipinski definition) is 2. The fourth-order valence-corrected chi connectivity index (χ4v) is 2.07. The fourth-order valence-electron chi connectivity index (χ4n) is 1.94. The van der Waals surface area contributed by atoms with Gasteiger partial charge in [-0.25, -0.2) is 10.2 Å².